The van der Waals surface area contributed by atoms with Crippen molar-refractivity contribution in [3.63, 3.8) is 0 Å². The highest BCUT2D eigenvalue weighted by molar-refractivity contribution is 7.14. The van der Waals surface area contributed by atoms with Crippen molar-refractivity contribution in [1.29, 1.82) is 5.26 Å². The van der Waals surface area contributed by atoms with E-state index >= 15 is 0 Å². The molecule has 9 heteroatoms. The monoisotopic (exact) mass is 430 g/mol. The summed E-state index contributed by atoms with van der Waals surface area (Å²) in [7, 11) is 1.89. The van der Waals surface area contributed by atoms with E-state index in [0.29, 0.717) is 17.5 Å². The first-order valence-corrected chi connectivity index (χ1v) is 11.1. The number of anilines is 1. The summed E-state index contributed by atoms with van der Waals surface area (Å²) in [5, 5.41) is 27.6. The molecule has 0 bridgehead atoms. The van der Waals surface area contributed by atoms with Gasteiger partial charge in [-0.2, -0.15) is 10.4 Å². The van der Waals surface area contributed by atoms with Crippen LogP contribution in [0, 0.1) is 11.3 Å². The highest BCUT2D eigenvalue weighted by atomic mass is 32.1. The second-order valence-corrected chi connectivity index (χ2v) is 8.84. The molecule has 1 aliphatic rings. The number of nitriles is 1. The maximum atomic E-state index is 9.09. The molecule has 0 amide bonds. The van der Waals surface area contributed by atoms with Crippen LogP contribution in [0.15, 0.2) is 36.7 Å². The van der Waals surface area contributed by atoms with E-state index < -0.39 is 0 Å². The van der Waals surface area contributed by atoms with Crippen molar-refractivity contribution in [2.45, 2.75) is 37.6 Å². The summed E-state index contributed by atoms with van der Waals surface area (Å²) in [5.41, 5.74) is 10.9. The van der Waals surface area contributed by atoms with Gasteiger partial charge in [-0.15, -0.1) is 10.2 Å². The maximum Gasteiger partial charge on any atom is 0.151 e. The molecule has 0 unspecified atom stereocenters. The van der Waals surface area contributed by atoms with E-state index in [0.717, 1.165) is 63.9 Å². The number of hydrogen-bond acceptors (Lipinski definition) is 8. The fourth-order valence-corrected chi connectivity index (χ4v) is 5.14. The minimum atomic E-state index is 0.322. The average Bonchev–Trinajstić information content (AvgIpc) is 3.46. The molecule has 0 radical (unpaired) electrons. The first kappa shape index (κ1) is 19.6. The number of nitrogens with zero attached hydrogens (tertiary/aromatic N) is 6. The van der Waals surface area contributed by atoms with Gasteiger partial charge in [-0.3, -0.25) is 4.98 Å². The van der Waals surface area contributed by atoms with Crippen LogP contribution in [-0.4, -0.2) is 37.9 Å². The van der Waals surface area contributed by atoms with Crippen LogP contribution in [0.1, 0.15) is 42.2 Å². The molecule has 1 aliphatic carbocycles. The van der Waals surface area contributed by atoms with Crippen molar-refractivity contribution in [1.82, 2.24) is 24.8 Å². The number of fused-ring (bicyclic) bond motifs is 1. The lowest BCUT2D eigenvalue weighted by molar-refractivity contribution is 0.393. The highest BCUT2D eigenvalue weighted by Gasteiger charge is 2.24. The van der Waals surface area contributed by atoms with Crippen molar-refractivity contribution in [3.8, 4) is 28.0 Å². The van der Waals surface area contributed by atoms with Crippen LogP contribution in [0.4, 0.5) is 5.69 Å². The molecule has 0 aromatic carbocycles. The van der Waals surface area contributed by atoms with Gasteiger partial charge in [0.2, 0.25) is 0 Å². The Hall–Kier alpha value is -3.35. The maximum absolute atomic E-state index is 9.09. The predicted molar refractivity (Wildman–Crippen MR) is 121 cm³/mol. The zero-order chi connectivity index (χ0) is 21.4. The Kier molecular flexibility index (Phi) is 5.10. The zero-order valence-electron chi connectivity index (χ0n) is 17.1. The fraction of sp³-hybridized carbons (Fsp3) is 0.318. The van der Waals surface area contributed by atoms with Crippen molar-refractivity contribution < 1.29 is 0 Å². The second-order valence-electron chi connectivity index (χ2n) is 7.83. The minimum Gasteiger partial charge on any atom is -0.387 e. The molecule has 1 fully saturated rings. The van der Waals surface area contributed by atoms with Gasteiger partial charge in [0, 0.05) is 30.9 Å². The first-order chi connectivity index (χ1) is 15.2. The number of nitrogens with one attached hydrogen (secondary N) is 1. The molecule has 3 N–H and O–H groups in total. The van der Waals surface area contributed by atoms with Crippen LogP contribution in [0.2, 0.25) is 0 Å². The molecule has 31 heavy (non-hydrogen) atoms. The largest absolute Gasteiger partial charge is 0.387 e. The van der Waals surface area contributed by atoms with Crippen LogP contribution in [0.3, 0.4) is 0 Å². The molecule has 8 nitrogen and oxygen atoms in total. The highest BCUT2D eigenvalue weighted by Crippen LogP contribution is 2.38. The molecule has 0 aliphatic heterocycles. The van der Waals surface area contributed by atoms with Crippen molar-refractivity contribution in [3.05, 3.63) is 47.2 Å². The summed E-state index contributed by atoms with van der Waals surface area (Å²) in [5.74, 6) is 0.452. The lowest BCUT2D eigenvalue weighted by Crippen LogP contribution is -2.25. The first-order valence-electron chi connectivity index (χ1n) is 10.3. The van der Waals surface area contributed by atoms with E-state index in [1.807, 2.05) is 37.5 Å². The third kappa shape index (κ3) is 3.65. The Bertz CT molecular complexity index is 1280. The Morgan fingerprint density at radius 2 is 2.00 bits per heavy atom. The third-order valence-corrected chi connectivity index (χ3v) is 6.98. The van der Waals surface area contributed by atoms with Gasteiger partial charge in [0.25, 0.3) is 0 Å². The fourth-order valence-electron chi connectivity index (χ4n) is 4.10. The van der Waals surface area contributed by atoms with Crippen LogP contribution in [0.25, 0.3) is 27.5 Å². The molecule has 0 spiro atoms. The number of nitrogens with two attached hydrogens (primary N) is 1. The third-order valence-electron chi connectivity index (χ3n) is 5.86. The Labute approximate surface area is 183 Å². The number of aromatic nitrogens is 5. The molecule has 4 heterocycles. The van der Waals surface area contributed by atoms with E-state index in [1.54, 1.807) is 22.0 Å². The van der Waals surface area contributed by atoms with E-state index in [4.69, 9.17) is 11.0 Å². The molecule has 0 saturated heterocycles. The lowest BCUT2D eigenvalue weighted by atomic mass is 9.87. The molecule has 156 valence electrons. The summed E-state index contributed by atoms with van der Waals surface area (Å²) >= 11 is 1.64. The molecular formula is C22H22N8S. The number of rotatable bonds is 4. The number of pyridine rings is 1. The standard InChI is InChI=1S/C22H22N8S/c1-25-18-9-19(20-7-6-16-8-13(10-23)11-27-30(16)20)26-12-17(18)22-29-28-21(31-22)14-2-4-15(24)5-3-14/h6-9,11-12,14-15H,2-5,24H2,1H3,(H,25,26). The lowest BCUT2D eigenvalue weighted by Gasteiger charge is -2.23. The molecule has 0 atom stereocenters. The summed E-state index contributed by atoms with van der Waals surface area (Å²) in [4.78, 5) is 4.69. The second kappa shape index (κ2) is 8.06. The van der Waals surface area contributed by atoms with Gasteiger partial charge < -0.3 is 11.1 Å². The summed E-state index contributed by atoms with van der Waals surface area (Å²) < 4.78 is 1.79. The van der Waals surface area contributed by atoms with Gasteiger partial charge in [0.05, 0.1) is 34.2 Å². The van der Waals surface area contributed by atoms with Crippen molar-refractivity contribution in [2.24, 2.45) is 5.73 Å². The summed E-state index contributed by atoms with van der Waals surface area (Å²) in [6, 6.07) is 10.1. The number of hydrogen-bond donors (Lipinski definition) is 2. The SMILES string of the molecule is CNc1cc(-c2ccc3cc(C#N)cnn23)ncc1-c1nnc(C2CCC(N)CC2)s1. The summed E-state index contributed by atoms with van der Waals surface area (Å²) in [6.07, 6.45) is 7.65. The van der Waals surface area contributed by atoms with E-state index in [1.165, 1.54) is 0 Å². The Morgan fingerprint density at radius 1 is 1.16 bits per heavy atom. The molecule has 4 aromatic heterocycles. The normalized spacial score (nSPS) is 18.7. The molecule has 4 aromatic rings. The van der Waals surface area contributed by atoms with E-state index in [2.05, 4.69) is 31.7 Å². The molecule has 1 saturated carbocycles. The van der Waals surface area contributed by atoms with Crippen LogP contribution in [0.5, 0.6) is 0 Å². The van der Waals surface area contributed by atoms with Crippen LogP contribution >= 0.6 is 11.3 Å². The molecular weight excluding hydrogens is 408 g/mol. The van der Waals surface area contributed by atoms with Crippen molar-refractivity contribution in [2.75, 3.05) is 12.4 Å². The Balaban J connectivity index is 1.47. The minimum absolute atomic E-state index is 0.322. The predicted octanol–water partition coefficient (Wildman–Crippen LogP) is 3.81. The Morgan fingerprint density at radius 3 is 2.77 bits per heavy atom. The van der Waals surface area contributed by atoms with E-state index in [-0.39, 0.29) is 0 Å². The van der Waals surface area contributed by atoms with Crippen LogP contribution in [-0.2, 0) is 0 Å². The molecule has 5 rings (SSSR count). The van der Waals surface area contributed by atoms with Gasteiger partial charge in [0.15, 0.2) is 5.01 Å². The van der Waals surface area contributed by atoms with Gasteiger partial charge in [0.1, 0.15) is 11.1 Å². The average molecular weight is 431 g/mol. The topological polar surface area (TPSA) is 118 Å². The van der Waals surface area contributed by atoms with Gasteiger partial charge in [-0.25, -0.2) is 4.52 Å². The quantitative estimate of drug-likeness (QED) is 0.505. The zero-order valence-corrected chi connectivity index (χ0v) is 17.9. The smallest absolute Gasteiger partial charge is 0.151 e. The van der Waals surface area contributed by atoms with Gasteiger partial charge in [-0.05, 0) is 49.9 Å². The van der Waals surface area contributed by atoms with Crippen molar-refractivity contribution >= 4 is 22.5 Å². The summed E-state index contributed by atoms with van der Waals surface area (Å²) in [6.45, 7) is 0. The van der Waals surface area contributed by atoms with Crippen LogP contribution < -0.4 is 11.1 Å². The van der Waals surface area contributed by atoms with E-state index in [9.17, 15) is 0 Å². The van der Waals surface area contributed by atoms with Gasteiger partial charge >= 0.3 is 0 Å². The van der Waals surface area contributed by atoms with Gasteiger partial charge in [-0.1, -0.05) is 11.3 Å².